The van der Waals surface area contributed by atoms with Crippen LogP contribution in [0.1, 0.15) is 50.1 Å². The maximum atomic E-state index is 2.38. The predicted molar refractivity (Wildman–Crippen MR) is 132 cm³/mol. The van der Waals surface area contributed by atoms with Gasteiger partial charge in [0, 0.05) is 18.9 Å². The van der Waals surface area contributed by atoms with Gasteiger partial charge in [-0.1, -0.05) is 0 Å². The van der Waals surface area contributed by atoms with E-state index in [-0.39, 0.29) is 18.9 Å². The maximum Gasteiger partial charge on any atom is 0 e. The molecule has 0 amide bonds. The van der Waals surface area contributed by atoms with E-state index >= 15 is 0 Å². The molecule has 0 spiro atoms. The van der Waals surface area contributed by atoms with E-state index in [1.165, 1.54) is 50.1 Å². The van der Waals surface area contributed by atoms with E-state index in [9.17, 15) is 0 Å². The van der Waals surface area contributed by atoms with Crippen molar-refractivity contribution in [1.29, 1.82) is 0 Å². The van der Waals surface area contributed by atoms with Crippen LogP contribution in [-0.2, 0) is 0 Å². The van der Waals surface area contributed by atoms with Gasteiger partial charge in [0.2, 0.25) is 0 Å². The summed E-state index contributed by atoms with van der Waals surface area (Å²) in [6.45, 7) is 20.6. The number of aryl methyl sites for hydroxylation is 9. The van der Waals surface area contributed by atoms with Crippen LogP contribution in [0.3, 0.4) is 0 Å². The van der Waals surface area contributed by atoms with E-state index in [1.54, 1.807) is 13.2 Å². The minimum atomic E-state index is -1.98. The molecule has 2 heteroatoms. The van der Waals surface area contributed by atoms with Crippen LogP contribution < -0.4 is 13.2 Å². The van der Waals surface area contributed by atoms with Crippen molar-refractivity contribution < 1.29 is 0 Å². The molecule has 0 aromatic heterocycles. The molecular formula is C27H33GeLi. The summed E-state index contributed by atoms with van der Waals surface area (Å²) in [5.41, 5.74) is 12.9. The van der Waals surface area contributed by atoms with Gasteiger partial charge in [0.1, 0.15) is 0 Å². The molecule has 0 heterocycles. The molecule has 146 valence electrons. The normalized spacial score (nSPS) is 11.0. The summed E-state index contributed by atoms with van der Waals surface area (Å²) in [4.78, 5) is 0. The van der Waals surface area contributed by atoms with Crippen molar-refractivity contribution in [3.8, 4) is 0 Å². The minimum absolute atomic E-state index is 0. The molecule has 0 saturated heterocycles. The van der Waals surface area contributed by atoms with Crippen molar-refractivity contribution in [2.24, 2.45) is 0 Å². The fraction of sp³-hybridized carbons (Fsp3) is 0.333. The van der Waals surface area contributed by atoms with Crippen molar-refractivity contribution in [2.75, 3.05) is 0 Å². The summed E-state index contributed by atoms with van der Waals surface area (Å²) in [5.74, 6) is 0. The van der Waals surface area contributed by atoms with Crippen LogP contribution >= 0.6 is 0 Å². The second-order valence-corrected chi connectivity index (χ2v) is 13.4. The Morgan fingerprint density at radius 1 is 0.379 bits per heavy atom. The molecule has 0 nitrogen and oxygen atoms in total. The van der Waals surface area contributed by atoms with Crippen LogP contribution in [0, 0.1) is 62.3 Å². The fourth-order valence-electron chi connectivity index (χ4n) is 5.10. The topological polar surface area (TPSA) is 0 Å². The maximum absolute atomic E-state index is 2.38. The third-order valence-corrected chi connectivity index (χ3v) is 13.9. The van der Waals surface area contributed by atoms with E-state index in [2.05, 4.69) is 98.7 Å². The Kier molecular flexibility index (Phi) is 7.72. The molecule has 0 bridgehead atoms. The van der Waals surface area contributed by atoms with Gasteiger partial charge in [0.25, 0.3) is 0 Å². The third-order valence-electron chi connectivity index (χ3n) is 5.78. The third kappa shape index (κ3) is 4.77. The van der Waals surface area contributed by atoms with Crippen LogP contribution in [-0.4, -0.2) is 33.2 Å². The molecule has 29 heavy (non-hydrogen) atoms. The largest absolute Gasteiger partial charge is 0 e. The second kappa shape index (κ2) is 9.30. The van der Waals surface area contributed by atoms with Crippen molar-refractivity contribution in [2.45, 2.75) is 62.3 Å². The molecule has 2 radical (unpaired) electrons. The van der Waals surface area contributed by atoms with Crippen LogP contribution in [0.5, 0.6) is 0 Å². The zero-order chi connectivity index (χ0) is 20.7. The quantitative estimate of drug-likeness (QED) is 0.526. The molecule has 0 atom stereocenters. The Morgan fingerprint density at radius 3 is 0.724 bits per heavy atom. The Hall–Kier alpha value is -1.20. The van der Waals surface area contributed by atoms with E-state index in [0.717, 1.165) is 0 Å². The monoisotopic (exact) mass is 438 g/mol. The first-order chi connectivity index (χ1) is 13.1. The van der Waals surface area contributed by atoms with Gasteiger partial charge in [0.05, 0.1) is 0 Å². The molecule has 0 N–H and O–H groups in total. The Bertz CT molecular complexity index is 856. The van der Waals surface area contributed by atoms with Crippen molar-refractivity contribution in [3.63, 3.8) is 0 Å². The standard InChI is InChI=1S/C27H33Ge.Li/c1-16-10-19(4)25(20(5)11-16)28(26-21(6)12-17(2)13-22(26)7)27-23(8)14-18(3)15-24(27)9;/h10-15H,1-9H3;. The Balaban J connectivity index is 0.00000300. The first-order valence-electron chi connectivity index (χ1n) is 10.2. The van der Waals surface area contributed by atoms with Gasteiger partial charge in [-0.05, 0) is 0 Å². The summed E-state index contributed by atoms with van der Waals surface area (Å²) >= 11 is -1.98. The Labute approximate surface area is 194 Å². The summed E-state index contributed by atoms with van der Waals surface area (Å²) in [7, 11) is 0. The average Bonchev–Trinajstić information content (AvgIpc) is 2.51. The van der Waals surface area contributed by atoms with E-state index < -0.39 is 14.3 Å². The number of hydrogen-bond acceptors (Lipinski definition) is 0. The van der Waals surface area contributed by atoms with Crippen LogP contribution in [0.15, 0.2) is 36.4 Å². The molecule has 0 aliphatic heterocycles. The van der Waals surface area contributed by atoms with E-state index in [1.807, 2.05) is 0 Å². The summed E-state index contributed by atoms with van der Waals surface area (Å²) in [6, 6.07) is 14.3. The van der Waals surface area contributed by atoms with Crippen LogP contribution in [0.4, 0.5) is 0 Å². The fourth-order valence-corrected chi connectivity index (χ4v) is 12.5. The minimum Gasteiger partial charge on any atom is 0 e. The van der Waals surface area contributed by atoms with Gasteiger partial charge >= 0.3 is 176 Å². The molecule has 0 fully saturated rings. The van der Waals surface area contributed by atoms with Gasteiger partial charge in [-0.2, -0.15) is 0 Å². The summed E-state index contributed by atoms with van der Waals surface area (Å²) in [6.07, 6.45) is 0. The zero-order valence-electron chi connectivity index (χ0n) is 20.0. The van der Waals surface area contributed by atoms with Gasteiger partial charge in [-0.25, -0.2) is 0 Å². The van der Waals surface area contributed by atoms with Crippen molar-refractivity contribution in [3.05, 3.63) is 86.5 Å². The number of hydrogen-bond donors (Lipinski definition) is 0. The van der Waals surface area contributed by atoms with Crippen LogP contribution in [0.2, 0.25) is 0 Å². The van der Waals surface area contributed by atoms with Gasteiger partial charge in [-0.15, -0.1) is 0 Å². The molecule has 0 saturated carbocycles. The smallest absolute Gasteiger partial charge is 0 e. The van der Waals surface area contributed by atoms with Crippen LogP contribution in [0.25, 0.3) is 0 Å². The molecule has 0 unspecified atom stereocenters. The number of rotatable bonds is 3. The predicted octanol–water partition coefficient (Wildman–Crippen LogP) is 4.60. The van der Waals surface area contributed by atoms with Gasteiger partial charge in [-0.3, -0.25) is 0 Å². The van der Waals surface area contributed by atoms with Gasteiger partial charge in [0.15, 0.2) is 0 Å². The first kappa shape index (κ1) is 24.1. The molecule has 0 aliphatic rings. The summed E-state index contributed by atoms with van der Waals surface area (Å²) < 4.78 is 4.90. The van der Waals surface area contributed by atoms with Gasteiger partial charge < -0.3 is 0 Å². The summed E-state index contributed by atoms with van der Waals surface area (Å²) in [5, 5.41) is 0. The van der Waals surface area contributed by atoms with Crippen molar-refractivity contribution in [1.82, 2.24) is 0 Å². The number of benzene rings is 3. The molecule has 0 aliphatic carbocycles. The average molecular weight is 437 g/mol. The second-order valence-electron chi connectivity index (χ2n) is 8.70. The Morgan fingerprint density at radius 2 is 0.552 bits per heavy atom. The van der Waals surface area contributed by atoms with E-state index in [0.29, 0.717) is 0 Å². The molecular weight excluding hydrogens is 404 g/mol. The first-order valence-corrected chi connectivity index (χ1v) is 13.4. The molecule has 3 aromatic rings. The van der Waals surface area contributed by atoms with Crippen molar-refractivity contribution >= 4 is 46.4 Å². The molecule has 3 rings (SSSR count). The SMILES string of the molecule is Cc1cc(C)[c]([Ge]([c]2c(C)cc(C)cc2C)[c]2c(C)cc(C)cc2C)c(C)c1.[Li]. The van der Waals surface area contributed by atoms with E-state index in [4.69, 9.17) is 0 Å². The zero-order valence-corrected chi connectivity index (χ0v) is 22.1. The molecule has 3 aromatic carbocycles.